The zero-order valence-corrected chi connectivity index (χ0v) is 14.6. The molecule has 27 heavy (non-hydrogen) atoms. The van der Waals surface area contributed by atoms with Gasteiger partial charge in [0.2, 0.25) is 5.91 Å². The first-order valence-corrected chi connectivity index (χ1v) is 8.64. The monoisotopic (exact) mass is 361 g/mol. The number of carbonyl (C=O) groups is 2. The fourth-order valence-electron chi connectivity index (χ4n) is 2.38. The Bertz CT molecular complexity index is 894. The van der Waals surface area contributed by atoms with E-state index in [1.807, 2.05) is 6.07 Å². The lowest BCUT2D eigenvalue weighted by Crippen LogP contribution is -2.25. The van der Waals surface area contributed by atoms with E-state index in [-0.39, 0.29) is 18.4 Å². The molecule has 136 valence electrons. The number of nitrogens with zero attached hydrogens (tertiary/aromatic N) is 1. The molecule has 0 spiro atoms. The van der Waals surface area contributed by atoms with E-state index in [1.54, 1.807) is 54.6 Å². The van der Waals surface area contributed by atoms with Crippen molar-refractivity contribution in [2.24, 2.45) is 0 Å². The SMILES string of the molecule is N#CCOc1cccc(NC(=O)/C=C/c2ccc(C(=O)NC3CC3)cc2)c1. The molecule has 0 radical (unpaired) electrons. The number of carbonyl (C=O) groups excluding carboxylic acids is 2. The Morgan fingerprint density at radius 1 is 1.19 bits per heavy atom. The fourth-order valence-corrected chi connectivity index (χ4v) is 2.38. The standard InChI is InChI=1S/C21H19N3O3/c22-12-13-27-19-3-1-2-18(14-19)23-20(25)11-6-15-4-7-16(8-5-15)21(26)24-17-9-10-17/h1-8,11,14,17H,9-10,13H2,(H,23,25)(H,24,26)/b11-6+. The van der Waals surface area contributed by atoms with E-state index in [0.29, 0.717) is 23.0 Å². The third-order valence-electron chi connectivity index (χ3n) is 3.92. The molecule has 0 bridgehead atoms. The average molecular weight is 361 g/mol. The number of ether oxygens (including phenoxy) is 1. The first kappa shape index (κ1) is 18.2. The molecule has 2 N–H and O–H groups in total. The van der Waals surface area contributed by atoms with E-state index in [4.69, 9.17) is 10.00 Å². The number of nitrogens with one attached hydrogen (secondary N) is 2. The summed E-state index contributed by atoms with van der Waals surface area (Å²) >= 11 is 0. The van der Waals surface area contributed by atoms with E-state index in [2.05, 4.69) is 10.6 Å². The summed E-state index contributed by atoms with van der Waals surface area (Å²) in [5.74, 6) is 0.158. The maximum Gasteiger partial charge on any atom is 0.251 e. The number of anilines is 1. The molecule has 0 aliphatic heterocycles. The molecule has 0 atom stereocenters. The lowest BCUT2D eigenvalue weighted by molar-refractivity contribution is -0.111. The normalized spacial score (nSPS) is 13.0. The van der Waals surface area contributed by atoms with Crippen molar-refractivity contribution in [3.63, 3.8) is 0 Å². The molecule has 1 saturated carbocycles. The summed E-state index contributed by atoms with van der Waals surface area (Å²) in [4.78, 5) is 24.0. The van der Waals surface area contributed by atoms with Gasteiger partial charge in [-0.05, 0) is 48.7 Å². The van der Waals surface area contributed by atoms with E-state index in [1.165, 1.54) is 6.08 Å². The highest BCUT2D eigenvalue weighted by Gasteiger charge is 2.23. The zero-order valence-electron chi connectivity index (χ0n) is 14.6. The van der Waals surface area contributed by atoms with Crippen LogP contribution in [-0.4, -0.2) is 24.5 Å². The van der Waals surface area contributed by atoms with Crippen LogP contribution in [0, 0.1) is 11.3 Å². The number of hydrogen-bond donors (Lipinski definition) is 2. The Hall–Kier alpha value is -3.59. The van der Waals surface area contributed by atoms with Crippen LogP contribution in [0.4, 0.5) is 5.69 Å². The van der Waals surface area contributed by atoms with Gasteiger partial charge in [0.05, 0.1) is 0 Å². The second-order valence-corrected chi connectivity index (χ2v) is 6.17. The van der Waals surface area contributed by atoms with Gasteiger partial charge in [-0.2, -0.15) is 5.26 Å². The van der Waals surface area contributed by atoms with Crippen LogP contribution in [0.25, 0.3) is 6.08 Å². The van der Waals surface area contributed by atoms with Crippen LogP contribution < -0.4 is 15.4 Å². The largest absolute Gasteiger partial charge is 0.479 e. The third-order valence-corrected chi connectivity index (χ3v) is 3.92. The summed E-state index contributed by atoms with van der Waals surface area (Å²) in [7, 11) is 0. The molecule has 0 heterocycles. The average Bonchev–Trinajstić information content (AvgIpc) is 3.49. The molecule has 1 aliphatic carbocycles. The highest BCUT2D eigenvalue weighted by Crippen LogP contribution is 2.19. The molecular weight excluding hydrogens is 342 g/mol. The molecule has 3 rings (SSSR count). The van der Waals surface area contributed by atoms with Gasteiger partial charge in [-0.25, -0.2) is 0 Å². The number of benzene rings is 2. The second-order valence-electron chi connectivity index (χ2n) is 6.17. The third kappa shape index (κ3) is 5.72. The van der Waals surface area contributed by atoms with E-state index >= 15 is 0 Å². The Balaban J connectivity index is 1.55. The molecule has 2 aromatic carbocycles. The fraction of sp³-hybridized carbons (Fsp3) is 0.190. The van der Waals surface area contributed by atoms with Crippen molar-refractivity contribution in [3.8, 4) is 11.8 Å². The van der Waals surface area contributed by atoms with Crippen molar-refractivity contribution in [3.05, 3.63) is 65.7 Å². The zero-order chi connectivity index (χ0) is 19.1. The molecule has 0 unspecified atom stereocenters. The molecule has 1 aliphatic rings. The van der Waals surface area contributed by atoms with Crippen LogP contribution in [0.3, 0.4) is 0 Å². The van der Waals surface area contributed by atoms with Gasteiger partial charge in [0, 0.05) is 29.4 Å². The number of hydrogen-bond acceptors (Lipinski definition) is 4. The van der Waals surface area contributed by atoms with Crippen molar-refractivity contribution in [1.29, 1.82) is 5.26 Å². The summed E-state index contributed by atoms with van der Waals surface area (Å²) in [5.41, 5.74) is 2.00. The van der Waals surface area contributed by atoms with E-state index in [0.717, 1.165) is 18.4 Å². The van der Waals surface area contributed by atoms with Gasteiger partial charge in [-0.15, -0.1) is 0 Å². The van der Waals surface area contributed by atoms with Crippen molar-refractivity contribution in [2.75, 3.05) is 11.9 Å². The summed E-state index contributed by atoms with van der Waals surface area (Å²) in [5, 5.41) is 14.2. The van der Waals surface area contributed by atoms with Crippen LogP contribution in [0.1, 0.15) is 28.8 Å². The van der Waals surface area contributed by atoms with Gasteiger partial charge in [0.1, 0.15) is 11.8 Å². The highest BCUT2D eigenvalue weighted by atomic mass is 16.5. The van der Waals surface area contributed by atoms with Crippen LogP contribution in [0.2, 0.25) is 0 Å². The van der Waals surface area contributed by atoms with Gasteiger partial charge >= 0.3 is 0 Å². The quantitative estimate of drug-likeness (QED) is 0.741. The first-order valence-electron chi connectivity index (χ1n) is 8.64. The predicted octanol–water partition coefficient (Wildman–Crippen LogP) is 3.13. The van der Waals surface area contributed by atoms with Gasteiger partial charge in [-0.1, -0.05) is 18.2 Å². The number of rotatable bonds is 7. The van der Waals surface area contributed by atoms with Crippen LogP contribution >= 0.6 is 0 Å². The van der Waals surface area contributed by atoms with Crippen molar-refractivity contribution >= 4 is 23.6 Å². The lowest BCUT2D eigenvalue weighted by Gasteiger charge is -2.06. The maximum absolute atomic E-state index is 12.1. The Morgan fingerprint density at radius 2 is 1.96 bits per heavy atom. The van der Waals surface area contributed by atoms with Gasteiger partial charge in [0.25, 0.3) is 5.91 Å². The predicted molar refractivity (Wildman–Crippen MR) is 102 cm³/mol. The summed E-state index contributed by atoms with van der Waals surface area (Å²) in [6.07, 6.45) is 5.19. The van der Waals surface area contributed by atoms with Crippen LogP contribution in [0.5, 0.6) is 5.75 Å². The van der Waals surface area contributed by atoms with Crippen LogP contribution in [-0.2, 0) is 4.79 Å². The molecule has 0 saturated heterocycles. The lowest BCUT2D eigenvalue weighted by atomic mass is 10.1. The molecule has 0 aromatic heterocycles. The minimum absolute atomic E-state index is 0.0496. The Labute approximate surface area is 157 Å². The molecular formula is C21H19N3O3. The Morgan fingerprint density at radius 3 is 2.67 bits per heavy atom. The summed E-state index contributed by atoms with van der Waals surface area (Å²) < 4.78 is 5.20. The first-order chi connectivity index (χ1) is 13.1. The van der Waals surface area contributed by atoms with Crippen molar-refractivity contribution < 1.29 is 14.3 Å². The minimum atomic E-state index is -0.289. The molecule has 6 nitrogen and oxygen atoms in total. The van der Waals surface area contributed by atoms with E-state index < -0.39 is 0 Å². The smallest absolute Gasteiger partial charge is 0.251 e. The topological polar surface area (TPSA) is 91.2 Å². The second kappa shape index (κ2) is 8.68. The van der Waals surface area contributed by atoms with E-state index in [9.17, 15) is 9.59 Å². The minimum Gasteiger partial charge on any atom is -0.479 e. The summed E-state index contributed by atoms with van der Waals surface area (Å²) in [6.45, 7) is -0.0496. The Kier molecular flexibility index (Phi) is 5.85. The number of nitriles is 1. The number of amides is 2. The molecule has 1 fully saturated rings. The molecule has 2 amide bonds. The van der Waals surface area contributed by atoms with Crippen molar-refractivity contribution in [2.45, 2.75) is 18.9 Å². The van der Waals surface area contributed by atoms with Crippen molar-refractivity contribution in [1.82, 2.24) is 5.32 Å². The molecule has 2 aromatic rings. The van der Waals surface area contributed by atoms with Gasteiger partial charge in [0.15, 0.2) is 6.61 Å². The van der Waals surface area contributed by atoms with Gasteiger partial charge < -0.3 is 15.4 Å². The summed E-state index contributed by atoms with van der Waals surface area (Å²) in [6, 6.07) is 16.1. The molecule has 6 heteroatoms. The van der Waals surface area contributed by atoms with Gasteiger partial charge in [-0.3, -0.25) is 9.59 Å². The van der Waals surface area contributed by atoms with Crippen LogP contribution in [0.15, 0.2) is 54.6 Å². The highest BCUT2D eigenvalue weighted by molar-refractivity contribution is 6.02. The maximum atomic E-state index is 12.1.